The molecule has 0 heterocycles. The molecule has 0 aromatic carbocycles. The molecule has 0 aliphatic rings. The van der Waals surface area contributed by atoms with Crippen molar-refractivity contribution in [3.8, 4) is 0 Å². The molecule has 0 aromatic rings. The first-order valence-electron chi connectivity index (χ1n) is 6.32. The lowest BCUT2D eigenvalue weighted by molar-refractivity contribution is -0.152. The SMILES string of the molecule is NCCOP(=O)(O)O[C@H](CO)[C@@H](O)[C@H](O)[C@H](O)CC(=O)C(=O)O. The van der Waals surface area contributed by atoms with E-state index < -0.39 is 57.0 Å². The molecule has 5 atom stereocenters. The Kier molecular flexibility index (Phi) is 9.61. The predicted octanol–water partition coefficient (Wildman–Crippen LogP) is -3.43. The van der Waals surface area contributed by atoms with Gasteiger partial charge in [0.25, 0.3) is 0 Å². The second kappa shape index (κ2) is 10.0. The number of carboxylic acid groups (broad SMARTS) is 1. The Morgan fingerprint density at radius 2 is 1.74 bits per heavy atom. The number of rotatable bonds is 12. The number of carboxylic acids is 1. The van der Waals surface area contributed by atoms with E-state index in [4.69, 9.17) is 15.9 Å². The Morgan fingerprint density at radius 1 is 1.17 bits per heavy atom. The largest absolute Gasteiger partial charge is 0.475 e. The molecule has 136 valence electrons. The van der Waals surface area contributed by atoms with E-state index in [1.807, 2.05) is 0 Å². The minimum Gasteiger partial charge on any atom is -0.475 e. The fraction of sp³-hybridized carbons (Fsp3) is 0.800. The second-order valence-electron chi connectivity index (χ2n) is 4.40. The van der Waals surface area contributed by atoms with Gasteiger partial charge in [0.1, 0.15) is 18.3 Å². The lowest BCUT2D eigenvalue weighted by Gasteiger charge is -2.28. The molecule has 23 heavy (non-hydrogen) atoms. The number of carbonyl (C=O) groups is 2. The van der Waals surface area contributed by atoms with E-state index in [1.165, 1.54) is 0 Å². The van der Waals surface area contributed by atoms with E-state index >= 15 is 0 Å². The molecule has 0 amide bonds. The van der Waals surface area contributed by atoms with Gasteiger partial charge < -0.3 is 36.2 Å². The molecule has 0 radical (unpaired) electrons. The number of carbonyl (C=O) groups excluding carboxylic acids is 1. The van der Waals surface area contributed by atoms with Crippen LogP contribution >= 0.6 is 7.82 Å². The van der Waals surface area contributed by atoms with Crippen molar-refractivity contribution in [3.63, 3.8) is 0 Å². The van der Waals surface area contributed by atoms with Crippen molar-refractivity contribution in [2.24, 2.45) is 5.73 Å². The summed E-state index contributed by atoms with van der Waals surface area (Å²) in [7, 11) is -4.70. The van der Waals surface area contributed by atoms with Crippen LogP contribution in [0.25, 0.3) is 0 Å². The van der Waals surface area contributed by atoms with Gasteiger partial charge in [-0.3, -0.25) is 13.8 Å². The molecule has 0 aliphatic heterocycles. The average Bonchev–Trinajstić information content (AvgIpc) is 2.48. The average molecular weight is 361 g/mol. The maximum Gasteiger partial charge on any atom is 0.472 e. The van der Waals surface area contributed by atoms with Gasteiger partial charge in [-0.05, 0) is 0 Å². The lowest BCUT2D eigenvalue weighted by atomic mass is 9.99. The van der Waals surface area contributed by atoms with E-state index in [2.05, 4.69) is 9.05 Å². The van der Waals surface area contributed by atoms with Crippen molar-refractivity contribution in [3.05, 3.63) is 0 Å². The molecule has 0 bridgehead atoms. The Labute approximate surface area is 130 Å². The molecule has 12 nitrogen and oxygen atoms in total. The van der Waals surface area contributed by atoms with Gasteiger partial charge >= 0.3 is 13.8 Å². The molecule has 8 N–H and O–H groups in total. The minimum atomic E-state index is -4.70. The zero-order valence-corrected chi connectivity index (χ0v) is 12.8. The molecule has 0 spiro atoms. The summed E-state index contributed by atoms with van der Waals surface area (Å²) in [4.78, 5) is 30.5. The van der Waals surface area contributed by atoms with E-state index in [1.54, 1.807) is 0 Å². The smallest absolute Gasteiger partial charge is 0.472 e. The monoisotopic (exact) mass is 361 g/mol. The predicted molar refractivity (Wildman–Crippen MR) is 72.1 cm³/mol. The molecular formula is C10H20NO11P. The van der Waals surface area contributed by atoms with Gasteiger partial charge in [0.05, 0.1) is 19.3 Å². The van der Waals surface area contributed by atoms with Crippen LogP contribution in [0.2, 0.25) is 0 Å². The van der Waals surface area contributed by atoms with Crippen LogP contribution < -0.4 is 5.73 Å². The van der Waals surface area contributed by atoms with Gasteiger partial charge in [-0.15, -0.1) is 0 Å². The number of hydrogen-bond donors (Lipinski definition) is 7. The van der Waals surface area contributed by atoms with Gasteiger partial charge in [-0.25, -0.2) is 9.36 Å². The highest BCUT2D eigenvalue weighted by Crippen LogP contribution is 2.44. The summed E-state index contributed by atoms with van der Waals surface area (Å²) in [5.41, 5.74) is 5.05. The first kappa shape index (κ1) is 22.1. The number of aliphatic carboxylic acids is 1. The highest BCUT2D eigenvalue weighted by Gasteiger charge is 2.37. The molecule has 0 saturated heterocycles. The van der Waals surface area contributed by atoms with Crippen LogP contribution in [0.4, 0.5) is 0 Å². The second-order valence-corrected chi connectivity index (χ2v) is 5.80. The van der Waals surface area contributed by atoms with Crippen LogP contribution in [0.5, 0.6) is 0 Å². The maximum absolute atomic E-state index is 11.5. The first-order chi connectivity index (χ1) is 10.6. The third kappa shape index (κ3) is 7.92. The van der Waals surface area contributed by atoms with Crippen molar-refractivity contribution in [2.45, 2.75) is 30.8 Å². The molecule has 0 rings (SSSR count). The Hall–Kier alpha value is -0.950. The summed E-state index contributed by atoms with van der Waals surface area (Å²) >= 11 is 0. The molecular weight excluding hydrogens is 341 g/mol. The zero-order chi connectivity index (χ0) is 18.2. The molecule has 0 saturated carbocycles. The topological polar surface area (TPSA) is 217 Å². The normalized spacial score (nSPS) is 19.4. The summed E-state index contributed by atoms with van der Waals surface area (Å²) in [5.74, 6) is -3.28. The van der Waals surface area contributed by atoms with Gasteiger partial charge in [-0.2, -0.15) is 0 Å². The van der Waals surface area contributed by atoms with Gasteiger partial charge in [0.2, 0.25) is 5.78 Å². The Morgan fingerprint density at radius 3 is 2.17 bits per heavy atom. The number of phosphoric acid groups is 1. The number of aliphatic hydroxyl groups is 4. The van der Waals surface area contributed by atoms with Crippen molar-refractivity contribution < 1.29 is 53.6 Å². The van der Waals surface area contributed by atoms with Crippen molar-refractivity contribution in [1.82, 2.24) is 0 Å². The van der Waals surface area contributed by atoms with Crippen molar-refractivity contribution >= 4 is 19.6 Å². The zero-order valence-electron chi connectivity index (χ0n) is 11.9. The van der Waals surface area contributed by atoms with Crippen LogP contribution in [0.3, 0.4) is 0 Å². The third-order valence-electron chi connectivity index (χ3n) is 2.58. The number of hydrogen-bond acceptors (Lipinski definition) is 10. The quantitative estimate of drug-likeness (QED) is 0.133. The number of aliphatic hydroxyl groups excluding tert-OH is 4. The summed E-state index contributed by atoms with van der Waals surface area (Å²) in [6.45, 7) is -1.52. The third-order valence-corrected chi connectivity index (χ3v) is 3.63. The van der Waals surface area contributed by atoms with E-state index in [0.29, 0.717) is 0 Å². The lowest BCUT2D eigenvalue weighted by Crippen LogP contribution is -2.47. The number of ketones is 1. The van der Waals surface area contributed by atoms with E-state index in [0.717, 1.165) is 0 Å². The van der Waals surface area contributed by atoms with Crippen LogP contribution in [0, 0.1) is 0 Å². The standard InChI is InChI=1S/C10H20NO11P/c11-1-2-21-23(19,20)22-7(4-12)9(16)8(15)5(13)3-6(14)10(17)18/h5,7-9,12-13,15-16H,1-4,11H2,(H,17,18)(H,19,20)/t5-,7-,8-,9-/m1/s1. The van der Waals surface area contributed by atoms with E-state index in [-0.39, 0.29) is 13.2 Å². The van der Waals surface area contributed by atoms with Gasteiger partial charge in [0.15, 0.2) is 0 Å². The minimum absolute atomic E-state index is 0.112. The molecule has 0 aliphatic carbocycles. The van der Waals surface area contributed by atoms with Gasteiger partial charge in [-0.1, -0.05) is 0 Å². The van der Waals surface area contributed by atoms with Crippen molar-refractivity contribution in [1.29, 1.82) is 0 Å². The highest BCUT2D eigenvalue weighted by molar-refractivity contribution is 7.47. The molecule has 1 unspecified atom stereocenters. The maximum atomic E-state index is 11.5. The molecule has 0 fully saturated rings. The number of phosphoric ester groups is 1. The summed E-state index contributed by atoms with van der Waals surface area (Å²) < 4.78 is 20.3. The summed E-state index contributed by atoms with van der Waals surface area (Å²) in [5, 5.41) is 46.2. The highest BCUT2D eigenvalue weighted by atomic mass is 31.2. The van der Waals surface area contributed by atoms with Crippen LogP contribution in [-0.2, 0) is 23.2 Å². The fourth-order valence-corrected chi connectivity index (χ4v) is 2.35. The van der Waals surface area contributed by atoms with Crippen LogP contribution in [0.15, 0.2) is 0 Å². The van der Waals surface area contributed by atoms with Crippen LogP contribution in [-0.4, -0.2) is 86.4 Å². The summed E-state index contributed by atoms with van der Waals surface area (Å²) in [6.07, 6.45) is -9.13. The fourth-order valence-electron chi connectivity index (χ4n) is 1.42. The molecule has 0 aromatic heterocycles. The summed E-state index contributed by atoms with van der Waals surface area (Å²) in [6, 6.07) is 0. The first-order valence-corrected chi connectivity index (χ1v) is 7.82. The van der Waals surface area contributed by atoms with Crippen molar-refractivity contribution in [2.75, 3.05) is 19.8 Å². The van der Waals surface area contributed by atoms with Crippen LogP contribution in [0.1, 0.15) is 6.42 Å². The Balaban J connectivity index is 4.79. The Bertz CT molecular complexity index is 445. The number of Topliss-reactive ketones (excluding diaryl/α,β-unsaturated/α-hetero) is 1. The molecule has 13 heteroatoms. The van der Waals surface area contributed by atoms with E-state index in [9.17, 15) is 34.4 Å². The number of nitrogens with two attached hydrogens (primary N) is 1. The van der Waals surface area contributed by atoms with Gasteiger partial charge in [0, 0.05) is 13.0 Å².